The summed E-state index contributed by atoms with van der Waals surface area (Å²) in [6, 6.07) is 0.639. The molecule has 0 aromatic carbocycles. The van der Waals surface area contributed by atoms with Crippen LogP contribution < -0.4 is 10.6 Å². The van der Waals surface area contributed by atoms with Crippen molar-refractivity contribution in [2.75, 3.05) is 7.11 Å². The lowest BCUT2D eigenvalue weighted by molar-refractivity contribution is -0.144. The van der Waals surface area contributed by atoms with Gasteiger partial charge in [-0.05, 0) is 38.5 Å². The summed E-state index contributed by atoms with van der Waals surface area (Å²) in [5.41, 5.74) is 0. The van der Waals surface area contributed by atoms with E-state index in [-0.39, 0.29) is 5.91 Å². The van der Waals surface area contributed by atoms with Gasteiger partial charge in [-0.3, -0.25) is 4.79 Å². The van der Waals surface area contributed by atoms with Crippen LogP contribution in [0.15, 0.2) is 0 Å². The van der Waals surface area contributed by atoms with E-state index in [1.807, 2.05) is 0 Å². The Morgan fingerprint density at radius 1 is 1.33 bits per heavy atom. The first kappa shape index (κ1) is 13.3. The molecule has 5 heteroatoms. The summed E-state index contributed by atoms with van der Waals surface area (Å²) in [6.07, 6.45) is 5.16. The number of fused-ring (bicyclic) bond motifs is 2. The quantitative estimate of drug-likeness (QED) is 0.720. The number of nitrogens with one attached hydrogen (secondary N) is 2. The molecule has 1 amide bonds. The zero-order valence-electron chi connectivity index (χ0n) is 11.1. The summed E-state index contributed by atoms with van der Waals surface area (Å²) in [5.74, 6) is 0.0153. The third-order valence-electron chi connectivity index (χ3n) is 3.98. The van der Waals surface area contributed by atoms with Crippen LogP contribution in [0.5, 0.6) is 0 Å². The monoisotopic (exact) mass is 254 g/mol. The van der Waals surface area contributed by atoms with Gasteiger partial charge in [0.2, 0.25) is 5.91 Å². The predicted molar refractivity (Wildman–Crippen MR) is 66.9 cm³/mol. The minimum atomic E-state index is -0.555. The Morgan fingerprint density at radius 3 is 2.50 bits per heavy atom. The van der Waals surface area contributed by atoms with Gasteiger partial charge in [0.05, 0.1) is 7.11 Å². The second-order valence-electron chi connectivity index (χ2n) is 5.49. The maximum absolute atomic E-state index is 11.8. The van der Waals surface area contributed by atoms with Crippen molar-refractivity contribution in [3.05, 3.63) is 0 Å². The van der Waals surface area contributed by atoms with Crippen LogP contribution in [0.1, 0.15) is 39.0 Å². The van der Waals surface area contributed by atoms with Crippen LogP contribution in [-0.2, 0) is 14.3 Å². The predicted octanol–water partition coefficient (Wildman–Crippen LogP) is 0.585. The molecule has 2 saturated heterocycles. The molecule has 2 aliphatic heterocycles. The number of carbonyl (C=O) groups is 2. The second kappa shape index (κ2) is 5.69. The van der Waals surface area contributed by atoms with Crippen LogP contribution in [0.4, 0.5) is 0 Å². The average molecular weight is 254 g/mol. The SMILES string of the molecule is COC(=O)C(C)NC(=O)CC1CC2CCC(C1)N2. The van der Waals surface area contributed by atoms with E-state index in [4.69, 9.17) is 0 Å². The molecule has 0 radical (unpaired) electrons. The largest absolute Gasteiger partial charge is 0.467 e. The first-order valence-electron chi connectivity index (χ1n) is 6.71. The highest BCUT2D eigenvalue weighted by Crippen LogP contribution is 2.32. The maximum Gasteiger partial charge on any atom is 0.328 e. The zero-order chi connectivity index (χ0) is 13.1. The van der Waals surface area contributed by atoms with Gasteiger partial charge in [-0.2, -0.15) is 0 Å². The van der Waals surface area contributed by atoms with Crippen molar-refractivity contribution in [3.8, 4) is 0 Å². The van der Waals surface area contributed by atoms with E-state index in [1.54, 1.807) is 6.92 Å². The van der Waals surface area contributed by atoms with Crippen molar-refractivity contribution in [1.29, 1.82) is 0 Å². The molecule has 3 unspecified atom stereocenters. The molecule has 0 saturated carbocycles. The number of amides is 1. The summed E-state index contributed by atoms with van der Waals surface area (Å²) < 4.78 is 4.58. The van der Waals surface area contributed by atoms with Crippen LogP contribution in [-0.4, -0.2) is 37.1 Å². The fourth-order valence-corrected chi connectivity index (χ4v) is 3.14. The van der Waals surface area contributed by atoms with E-state index in [0.717, 1.165) is 12.8 Å². The smallest absolute Gasteiger partial charge is 0.328 e. The minimum absolute atomic E-state index is 0.0424. The van der Waals surface area contributed by atoms with Crippen molar-refractivity contribution < 1.29 is 14.3 Å². The minimum Gasteiger partial charge on any atom is -0.467 e. The maximum atomic E-state index is 11.8. The molecule has 0 spiro atoms. The third-order valence-corrected chi connectivity index (χ3v) is 3.98. The Hall–Kier alpha value is -1.10. The van der Waals surface area contributed by atoms with Gasteiger partial charge in [-0.25, -0.2) is 4.79 Å². The molecule has 3 atom stereocenters. The highest BCUT2D eigenvalue weighted by atomic mass is 16.5. The molecule has 102 valence electrons. The molecule has 0 aromatic heterocycles. The molecule has 0 aliphatic carbocycles. The molecule has 0 aromatic rings. The van der Waals surface area contributed by atoms with E-state index in [9.17, 15) is 9.59 Å². The Kier molecular flexibility index (Phi) is 4.22. The van der Waals surface area contributed by atoms with Crippen LogP contribution in [0.2, 0.25) is 0 Å². The van der Waals surface area contributed by atoms with E-state index in [1.165, 1.54) is 20.0 Å². The molecule has 2 fully saturated rings. The Morgan fingerprint density at radius 2 is 1.94 bits per heavy atom. The van der Waals surface area contributed by atoms with Crippen molar-refractivity contribution >= 4 is 11.9 Å². The van der Waals surface area contributed by atoms with Crippen LogP contribution in [0.3, 0.4) is 0 Å². The number of esters is 1. The summed E-state index contributed by atoms with van der Waals surface area (Å²) in [6.45, 7) is 1.65. The summed E-state index contributed by atoms with van der Waals surface area (Å²) in [4.78, 5) is 23.0. The number of hydrogen-bond donors (Lipinski definition) is 2. The van der Waals surface area contributed by atoms with Gasteiger partial charge in [-0.15, -0.1) is 0 Å². The van der Waals surface area contributed by atoms with Gasteiger partial charge >= 0.3 is 5.97 Å². The van der Waals surface area contributed by atoms with Gasteiger partial charge in [0, 0.05) is 18.5 Å². The number of hydrogen-bond acceptors (Lipinski definition) is 4. The number of piperidine rings is 1. The molecule has 2 rings (SSSR count). The summed E-state index contributed by atoms with van der Waals surface area (Å²) in [7, 11) is 1.33. The average Bonchev–Trinajstić information content (AvgIpc) is 2.67. The van der Waals surface area contributed by atoms with Gasteiger partial charge in [0.1, 0.15) is 6.04 Å². The molecular weight excluding hydrogens is 232 g/mol. The summed E-state index contributed by atoms with van der Waals surface area (Å²) >= 11 is 0. The lowest BCUT2D eigenvalue weighted by Gasteiger charge is -2.28. The van der Waals surface area contributed by atoms with Crippen molar-refractivity contribution in [2.45, 2.75) is 57.2 Å². The Balaban J connectivity index is 1.76. The number of ether oxygens (including phenoxy) is 1. The molecular formula is C13H22N2O3. The van der Waals surface area contributed by atoms with Gasteiger partial charge in [-0.1, -0.05) is 0 Å². The molecule has 2 aliphatic rings. The number of methoxy groups -OCH3 is 1. The Labute approximate surface area is 108 Å². The number of carbonyl (C=O) groups excluding carboxylic acids is 2. The van der Waals surface area contributed by atoms with Gasteiger partial charge in [0.15, 0.2) is 0 Å². The zero-order valence-corrected chi connectivity index (χ0v) is 11.1. The third kappa shape index (κ3) is 3.22. The molecule has 18 heavy (non-hydrogen) atoms. The number of rotatable bonds is 4. The van der Waals surface area contributed by atoms with Gasteiger partial charge < -0.3 is 15.4 Å². The molecule has 2 N–H and O–H groups in total. The lowest BCUT2D eigenvalue weighted by atomic mass is 9.89. The fourth-order valence-electron chi connectivity index (χ4n) is 3.14. The van der Waals surface area contributed by atoms with Crippen molar-refractivity contribution in [3.63, 3.8) is 0 Å². The highest BCUT2D eigenvalue weighted by Gasteiger charge is 2.34. The van der Waals surface area contributed by atoms with Crippen LogP contribution in [0, 0.1) is 5.92 Å². The van der Waals surface area contributed by atoms with E-state index < -0.39 is 12.0 Å². The van der Waals surface area contributed by atoms with E-state index in [2.05, 4.69) is 15.4 Å². The lowest BCUT2D eigenvalue weighted by Crippen LogP contribution is -2.42. The standard InChI is InChI=1S/C13H22N2O3/c1-8(13(17)18-2)14-12(16)7-9-5-10-3-4-11(6-9)15-10/h8-11,15H,3-7H2,1-2H3,(H,14,16). The van der Waals surface area contributed by atoms with E-state index in [0.29, 0.717) is 24.4 Å². The van der Waals surface area contributed by atoms with Gasteiger partial charge in [0.25, 0.3) is 0 Å². The van der Waals surface area contributed by atoms with Crippen LogP contribution in [0.25, 0.3) is 0 Å². The van der Waals surface area contributed by atoms with E-state index >= 15 is 0 Å². The van der Waals surface area contributed by atoms with Crippen molar-refractivity contribution in [2.24, 2.45) is 5.92 Å². The molecule has 2 heterocycles. The first-order valence-corrected chi connectivity index (χ1v) is 6.71. The summed E-state index contributed by atoms with van der Waals surface area (Å²) in [5, 5.41) is 6.25. The van der Waals surface area contributed by atoms with Crippen molar-refractivity contribution in [1.82, 2.24) is 10.6 Å². The fraction of sp³-hybridized carbons (Fsp3) is 0.846. The normalized spacial score (nSPS) is 31.8. The Bertz CT molecular complexity index is 320. The van der Waals surface area contributed by atoms with Crippen LogP contribution >= 0.6 is 0 Å². The molecule has 5 nitrogen and oxygen atoms in total. The topological polar surface area (TPSA) is 67.4 Å². The molecule has 2 bridgehead atoms. The second-order valence-corrected chi connectivity index (χ2v) is 5.49. The first-order chi connectivity index (χ1) is 8.58. The highest BCUT2D eigenvalue weighted by molar-refractivity contribution is 5.84.